The summed E-state index contributed by atoms with van der Waals surface area (Å²) >= 11 is 5.53. The number of hydrogen-bond acceptors (Lipinski definition) is 3. The summed E-state index contributed by atoms with van der Waals surface area (Å²) in [6.07, 6.45) is 1.24. The largest absolute Gasteiger partial charge is 0.398 e. The lowest BCUT2D eigenvalue weighted by Crippen LogP contribution is -2.27. The molecule has 0 bridgehead atoms. The van der Waals surface area contributed by atoms with Gasteiger partial charge in [0.05, 0.1) is 0 Å². The highest BCUT2D eigenvalue weighted by atomic mass is 79.9. The summed E-state index contributed by atoms with van der Waals surface area (Å²) in [4.78, 5) is 2.52. The van der Waals surface area contributed by atoms with Crippen molar-refractivity contribution in [3.8, 4) is 0 Å². The molecule has 0 aliphatic carbocycles. The summed E-state index contributed by atoms with van der Waals surface area (Å²) in [5, 5.41) is 0. The first-order valence-corrected chi connectivity index (χ1v) is 8.14. The van der Waals surface area contributed by atoms with E-state index in [1.54, 1.807) is 0 Å². The van der Waals surface area contributed by atoms with Crippen molar-refractivity contribution in [3.05, 3.63) is 28.2 Å². The summed E-state index contributed by atoms with van der Waals surface area (Å²) in [6, 6.07) is 6.19. The molecule has 1 aliphatic rings. The fraction of sp³-hybridized carbons (Fsp3) is 0.571. The Bertz CT molecular complexity index is 420. The lowest BCUT2D eigenvalue weighted by molar-refractivity contribution is 0.277. The Morgan fingerprint density at radius 2 is 2.17 bits per heavy atom. The minimum Gasteiger partial charge on any atom is -0.398 e. The van der Waals surface area contributed by atoms with Gasteiger partial charge in [0.15, 0.2) is 0 Å². The normalized spacial score (nSPS) is 20.6. The highest BCUT2D eigenvalue weighted by Gasteiger charge is 2.23. The molecule has 0 radical (unpaired) electrons. The number of hydrogen-bond donors (Lipinski definition) is 1. The van der Waals surface area contributed by atoms with E-state index in [0.29, 0.717) is 4.75 Å². The second-order valence-electron chi connectivity index (χ2n) is 5.48. The monoisotopic (exact) mass is 328 g/mol. The summed E-state index contributed by atoms with van der Waals surface area (Å²) in [7, 11) is 0. The molecule has 18 heavy (non-hydrogen) atoms. The molecule has 0 atom stereocenters. The molecule has 100 valence electrons. The molecule has 0 spiro atoms. The number of halogens is 1. The number of nitrogens with zero attached hydrogens (tertiary/aromatic N) is 1. The van der Waals surface area contributed by atoms with Gasteiger partial charge in [-0.3, -0.25) is 4.90 Å². The van der Waals surface area contributed by atoms with Crippen molar-refractivity contribution < 1.29 is 0 Å². The van der Waals surface area contributed by atoms with Crippen LogP contribution in [0.4, 0.5) is 5.69 Å². The van der Waals surface area contributed by atoms with Gasteiger partial charge >= 0.3 is 0 Å². The van der Waals surface area contributed by atoms with E-state index < -0.39 is 0 Å². The molecule has 0 aromatic heterocycles. The zero-order chi connectivity index (χ0) is 13.2. The van der Waals surface area contributed by atoms with E-state index in [9.17, 15) is 0 Å². The number of benzene rings is 1. The van der Waals surface area contributed by atoms with Crippen LogP contribution >= 0.6 is 27.7 Å². The van der Waals surface area contributed by atoms with Gasteiger partial charge in [0.2, 0.25) is 0 Å². The third kappa shape index (κ3) is 3.90. The van der Waals surface area contributed by atoms with Crippen molar-refractivity contribution in [1.29, 1.82) is 0 Å². The summed E-state index contributed by atoms with van der Waals surface area (Å²) < 4.78 is 1.47. The molecule has 1 aromatic carbocycles. The second-order valence-corrected chi connectivity index (χ2v) is 8.20. The van der Waals surface area contributed by atoms with E-state index in [2.05, 4.69) is 58.6 Å². The fourth-order valence-corrected chi connectivity index (χ4v) is 3.69. The highest BCUT2D eigenvalue weighted by Crippen LogP contribution is 2.31. The molecule has 1 aromatic rings. The Morgan fingerprint density at radius 1 is 1.39 bits per heavy atom. The second kappa shape index (κ2) is 5.85. The minimum absolute atomic E-state index is 0.417. The molecule has 1 aliphatic heterocycles. The van der Waals surface area contributed by atoms with Gasteiger partial charge < -0.3 is 5.73 Å². The van der Waals surface area contributed by atoms with Crippen molar-refractivity contribution in [2.24, 2.45) is 0 Å². The minimum atomic E-state index is 0.417. The highest BCUT2D eigenvalue weighted by molar-refractivity contribution is 9.10. The standard InChI is InChI=1S/C14H21BrN2S/c1-14(2)5-6-17(7-8-18-14)10-11-3-4-12(15)9-13(11)16/h3-4,9H,5-8,10,16H2,1-2H3. The van der Waals surface area contributed by atoms with Gasteiger partial charge in [-0.15, -0.1) is 0 Å². The van der Waals surface area contributed by atoms with Crippen LogP contribution in [-0.4, -0.2) is 28.5 Å². The third-order valence-corrected chi connectivity index (χ3v) is 5.30. The van der Waals surface area contributed by atoms with E-state index in [4.69, 9.17) is 5.73 Å². The van der Waals surface area contributed by atoms with E-state index in [0.717, 1.165) is 29.8 Å². The first kappa shape index (κ1) is 14.2. The molecule has 2 nitrogen and oxygen atoms in total. The van der Waals surface area contributed by atoms with Crippen LogP contribution in [0.3, 0.4) is 0 Å². The number of thioether (sulfide) groups is 1. The lowest BCUT2D eigenvalue weighted by atomic mass is 10.1. The number of rotatable bonds is 2. The van der Waals surface area contributed by atoms with Gasteiger partial charge in [0.25, 0.3) is 0 Å². The number of anilines is 1. The van der Waals surface area contributed by atoms with Crippen molar-refractivity contribution in [3.63, 3.8) is 0 Å². The van der Waals surface area contributed by atoms with E-state index in [-0.39, 0.29) is 0 Å². The van der Waals surface area contributed by atoms with Crippen molar-refractivity contribution in [1.82, 2.24) is 4.90 Å². The SMILES string of the molecule is CC1(C)CCN(Cc2ccc(Br)cc2N)CCS1. The Hall–Kier alpha value is -0.190. The van der Waals surface area contributed by atoms with Gasteiger partial charge in [-0.2, -0.15) is 11.8 Å². The average Bonchev–Trinajstić information content (AvgIpc) is 2.44. The van der Waals surface area contributed by atoms with Gasteiger partial charge in [0.1, 0.15) is 0 Å². The molecule has 4 heteroatoms. The molecular weight excluding hydrogens is 308 g/mol. The Balaban J connectivity index is 2.01. The fourth-order valence-electron chi connectivity index (χ4n) is 2.17. The number of nitrogen functional groups attached to an aromatic ring is 1. The zero-order valence-corrected chi connectivity index (χ0v) is 13.5. The van der Waals surface area contributed by atoms with Crippen LogP contribution in [0.1, 0.15) is 25.8 Å². The van der Waals surface area contributed by atoms with E-state index in [1.807, 2.05) is 6.07 Å². The van der Waals surface area contributed by atoms with Crippen LogP contribution in [0.25, 0.3) is 0 Å². The summed E-state index contributed by atoms with van der Waals surface area (Å²) in [6.45, 7) is 7.97. The topological polar surface area (TPSA) is 29.3 Å². The molecule has 2 rings (SSSR count). The van der Waals surface area contributed by atoms with Gasteiger partial charge in [-0.05, 0) is 30.7 Å². The van der Waals surface area contributed by atoms with Gasteiger partial charge in [-0.25, -0.2) is 0 Å². The molecule has 1 heterocycles. The maximum absolute atomic E-state index is 6.07. The molecule has 1 fully saturated rings. The maximum atomic E-state index is 6.07. The van der Waals surface area contributed by atoms with Gasteiger partial charge in [-0.1, -0.05) is 35.8 Å². The van der Waals surface area contributed by atoms with Crippen LogP contribution in [0.15, 0.2) is 22.7 Å². The van der Waals surface area contributed by atoms with Crippen molar-refractivity contribution in [2.45, 2.75) is 31.6 Å². The molecular formula is C14H21BrN2S. The van der Waals surface area contributed by atoms with Gasteiger partial charge in [0, 0.05) is 33.7 Å². The van der Waals surface area contributed by atoms with Crippen LogP contribution < -0.4 is 5.73 Å². The summed E-state index contributed by atoms with van der Waals surface area (Å²) in [5.41, 5.74) is 8.20. The molecule has 0 amide bonds. The smallest absolute Gasteiger partial charge is 0.0371 e. The Kier molecular flexibility index (Phi) is 4.62. The quantitative estimate of drug-likeness (QED) is 0.838. The Morgan fingerprint density at radius 3 is 2.89 bits per heavy atom. The van der Waals surface area contributed by atoms with Crippen molar-refractivity contribution >= 4 is 33.4 Å². The van der Waals surface area contributed by atoms with E-state index in [1.165, 1.54) is 17.7 Å². The van der Waals surface area contributed by atoms with Crippen LogP contribution in [-0.2, 0) is 6.54 Å². The first-order chi connectivity index (χ1) is 8.46. The average molecular weight is 329 g/mol. The number of nitrogens with two attached hydrogens (primary N) is 1. The maximum Gasteiger partial charge on any atom is 0.0371 e. The first-order valence-electron chi connectivity index (χ1n) is 6.36. The molecule has 1 saturated heterocycles. The molecule has 2 N–H and O–H groups in total. The molecule has 0 saturated carbocycles. The van der Waals surface area contributed by atoms with Crippen LogP contribution in [0.5, 0.6) is 0 Å². The van der Waals surface area contributed by atoms with E-state index >= 15 is 0 Å². The predicted octanol–water partition coefficient (Wildman–Crippen LogP) is 3.75. The summed E-state index contributed by atoms with van der Waals surface area (Å²) in [5.74, 6) is 1.21. The van der Waals surface area contributed by atoms with Crippen molar-refractivity contribution in [2.75, 3.05) is 24.6 Å². The lowest BCUT2D eigenvalue weighted by Gasteiger charge is -2.23. The third-order valence-electron chi connectivity index (χ3n) is 3.43. The van der Waals surface area contributed by atoms with Crippen LogP contribution in [0, 0.1) is 0 Å². The zero-order valence-electron chi connectivity index (χ0n) is 11.1. The van der Waals surface area contributed by atoms with Crippen LogP contribution in [0.2, 0.25) is 0 Å². The predicted molar refractivity (Wildman–Crippen MR) is 85.0 cm³/mol. The Labute approximate surface area is 122 Å². The molecule has 0 unspecified atom stereocenters.